The molecule has 4 rings (SSSR count). The molecule has 0 saturated carbocycles. The van der Waals surface area contributed by atoms with Crippen LogP contribution in [0.5, 0.6) is 0 Å². The van der Waals surface area contributed by atoms with Gasteiger partial charge in [0, 0.05) is 37.4 Å². The zero-order valence-electron chi connectivity index (χ0n) is 16.7. The molecule has 2 amide bonds. The first-order chi connectivity index (χ1) is 14.1. The van der Waals surface area contributed by atoms with Crippen LogP contribution in [0.4, 0.5) is 16.2 Å². The first kappa shape index (κ1) is 19.8. The second-order valence-corrected chi connectivity index (χ2v) is 8.48. The van der Waals surface area contributed by atoms with Gasteiger partial charge in [-0.25, -0.2) is 9.78 Å². The third kappa shape index (κ3) is 5.11. The van der Waals surface area contributed by atoms with Crippen molar-refractivity contribution in [2.45, 2.75) is 26.3 Å². The lowest BCUT2D eigenvalue weighted by Crippen LogP contribution is -2.38. The van der Waals surface area contributed by atoms with E-state index in [-0.39, 0.29) is 6.03 Å². The molecule has 8 nitrogen and oxygen atoms in total. The number of morpholine rings is 1. The number of fused-ring (bicyclic) bond motifs is 1. The average molecular weight is 415 g/mol. The zero-order valence-corrected chi connectivity index (χ0v) is 17.5. The summed E-state index contributed by atoms with van der Waals surface area (Å²) in [4.78, 5) is 19.3. The Kier molecular flexibility index (Phi) is 6.08. The summed E-state index contributed by atoms with van der Waals surface area (Å²) < 4.78 is 8.28. The van der Waals surface area contributed by atoms with Crippen molar-refractivity contribution in [1.29, 1.82) is 0 Å². The number of nitrogens with zero attached hydrogens (tertiary/aromatic N) is 4. The summed E-state index contributed by atoms with van der Waals surface area (Å²) in [6.45, 7) is 9.45. The van der Waals surface area contributed by atoms with Crippen LogP contribution in [-0.2, 0) is 11.3 Å². The second-order valence-electron chi connectivity index (χ2n) is 7.41. The molecular weight excluding hydrogens is 388 g/mol. The fourth-order valence-electron chi connectivity index (χ4n) is 3.18. The molecule has 1 aliphatic heterocycles. The highest BCUT2D eigenvalue weighted by Gasteiger charge is 2.12. The summed E-state index contributed by atoms with van der Waals surface area (Å²) >= 11 is 1.66. The Hall–Kier alpha value is -2.49. The minimum atomic E-state index is -0.286. The fraction of sp³-hybridized carbons (Fsp3) is 0.450. The molecular formula is C20H26N6O2S. The molecule has 2 N–H and O–H groups in total. The smallest absolute Gasteiger partial charge is 0.323 e. The topological polar surface area (TPSA) is 84.3 Å². The van der Waals surface area contributed by atoms with Crippen LogP contribution in [0.2, 0.25) is 0 Å². The molecule has 2 aromatic heterocycles. The van der Waals surface area contributed by atoms with E-state index in [4.69, 9.17) is 4.74 Å². The van der Waals surface area contributed by atoms with Gasteiger partial charge in [-0.3, -0.25) is 9.58 Å². The number of thiazole rings is 1. The summed E-state index contributed by atoms with van der Waals surface area (Å²) in [6, 6.07) is 5.49. The molecule has 154 valence electrons. The molecule has 3 aromatic rings. The number of anilines is 2. The maximum Gasteiger partial charge on any atom is 0.323 e. The highest BCUT2D eigenvalue weighted by atomic mass is 32.1. The molecule has 0 atom stereocenters. The van der Waals surface area contributed by atoms with Crippen LogP contribution >= 0.6 is 11.3 Å². The molecule has 1 aliphatic rings. The van der Waals surface area contributed by atoms with E-state index in [2.05, 4.69) is 39.5 Å². The van der Waals surface area contributed by atoms with E-state index in [0.29, 0.717) is 11.6 Å². The molecule has 1 saturated heterocycles. The normalized spacial score (nSPS) is 15.1. The standard InChI is InChI=1S/C20H26N6O2S/c1-14(2)19-24-17-4-3-15(11-18(17)29-19)22-20(27)23-16-12-21-26(13-16)6-5-25-7-9-28-10-8-25/h3-4,11-14H,5-10H2,1-2H3,(H2,22,23,27). The van der Waals surface area contributed by atoms with Crippen molar-refractivity contribution in [3.8, 4) is 0 Å². The van der Waals surface area contributed by atoms with Gasteiger partial charge in [0.15, 0.2) is 0 Å². The lowest BCUT2D eigenvalue weighted by atomic mass is 10.2. The number of urea groups is 1. The number of amides is 2. The number of nitrogens with one attached hydrogen (secondary N) is 2. The van der Waals surface area contributed by atoms with Gasteiger partial charge in [-0.15, -0.1) is 11.3 Å². The summed E-state index contributed by atoms with van der Waals surface area (Å²) in [5.74, 6) is 0.395. The SMILES string of the molecule is CC(C)c1nc2ccc(NC(=O)Nc3cnn(CCN4CCOCC4)c3)cc2s1. The molecule has 0 unspecified atom stereocenters. The lowest BCUT2D eigenvalue weighted by Gasteiger charge is -2.26. The van der Waals surface area contributed by atoms with Gasteiger partial charge in [0.05, 0.1) is 46.9 Å². The van der Waals surface area contributed by atoms with Gasteiger partial charge in [0.1, 0.15) is 0 Å². The van der Waals surface area contributed by atoms with Crippen molar-refractivity contribution in [2.75, 3.05) is 43.5 Å². The number of benzene rings is 1. The molecule has 3 heterocycles. The van der Waals surface area contributed by atoms with E-state index < -0.39 is 0 Å². The zero-order chi connectivity index (χ0) is 20.2. The Bertz CT molecular complexity index is 976. The predicted molar refractivity (Wildman–Crippen MR) is 116 cm³/mol. The summed E-state index contributed by atoms with van der Waals surface area (Å²) in [5.41, 5.74) is 2.38. The van der Waals surface area contributed by atoms with Crippen LogP contribution < -0.4 is 10.6 Å². The number of ether oxygens (including phenoxy) is 1. The van der Waals surface area contributed by atoms with Gasteiger partial charge in [-0.1, -0.05) is 13.8 Å². The third-order valence-corrected chi connectivity index (χ3v) is 6.12. The minimum Gasteiger partial charge on any atom is -0.379 e. The maximum atomic E-state index is 12.4. The molecule has 1 aromatic carbocycles. The molecule has 9 heteroatoms. The van der Waals surface area contributed by atoms with Gasteiger partial charge in [0.25, 0.3) is 0 Å². The van der Waals surface area contributed by atoms with Gasteiger partial charge in [0.2, 0.25) is 0 Å². The van der Waals surface area contributed by atoms with Crippen LogP contribution in [0.1, 0.15) is 24.8 Å². The summed E-state index contributed by atoms with van der Waals surface area (Å²) in [5, 5.41) is 11.2. The number of aromatic nitrogens is 3. The number of carbonyl (C=O) groups is 1. The monoisotopic (exact) mass is 414 g/mol. The van der Waals surface area contributed by atoms with Gasteiger partial charge < -0.3 is 15.4 Å². The van der Waals surface area contributed by atoms with E-state index in [1.807, 2.05) is 29.1 Å². The third-order valence-electron chi connectivity index (χ3n) is 4.80. The first-order valence-corrected chi connectivity index (χ1v) is 10.7. The van der Waals surface area contributed by atoms with Gasteiger partial charge in [-0.05, 0) is 18.2 Å². The lowest BCUT2D eigenvalue weighted by molar-refractivity contribution is 0.0360. The Morgan fingerprint density at radius 1 is 1.21 bits per heavy atom. The van der Waals surface area contributed by atoms with Crippen molar-refractivity contribution < 1.29 is 9.53 Å². The van der Waals surface area contributed by atoms with E-state index in [0.717, 1.165) is 60.3 Å². The number of hydrogen-bond donors (Lipinski definition) is 2. The molecule has 0 spiro atoms. The number of rotatable bonds is 6. The van der Waals surface area contributed by atoms with Crippen molar-refractivity contribution >= 4 is 39.0 Å². The van der Waals surface area contributed by atoms with Crippen LogP contribution in [0, 0.1) is 0 Å². The van der Waals surface area contributed by atoms with Crippen LogP contribution in [0.25, 0.3) is 10.2 Å². The highest BCUT2D eigenvalue weighted by Crippen LogP contribution is 2.29. The largest absolute Gasteiger partial charge is 0.379 e. The van der Waals surface area contributed by atoms with E-state index in [1.165, 1.54) is 0 Å². The van der Waals surface area contributed by atoms with Crippen LogP contribution in [-0.4, -0.2) is 58.5 Å². The van der Waals surface area contributed by atoms with E-state index in [1.54, 1.807) is 17.5 Å². The van der Waals surface area contributed by atoms with Crippen molar-refractivity contribution in [3.63, 3.8) is 0 Å². The van der Waals surface area contributed by atoms with Crippen LogP contribution in [0.15, 0.2) is 30.6 Å². The quantitative estimate of drug-likeness (QED) is 0.644. The van der Waals surface area contributed by atoms with Crippen molar-refractivity contribution in [3.05, 3.63) is 35.6 Å². The van der Waals surface area contributed by atoms with E-state index >= 15 is 0 Å². The molecule has 0 radical (unpaired) electrons. The Labute approximate surface area is 173 Å². The minimum absolute atomic E-state index is 0.286. The average Bonchev–Trinajstić information content (AvgIpc) is 3.33. The van der Waals surface area contributed by atoms with Crippen LogP contribution in [0.3, 0.4) is 0 Å². The Balaban J connectivity index is 1.31. The summed E-state index contributed by atoms with van der Waals surface area (Å²) in [7, 11) is 0. The maximum absolute atomic E-state index is 12.4. The van der Waals surface area contributed by atoms with Crippen molar-refractivity contribution in [2.24, 2.45) is 0 Å². The molecule has 0 aliphatic carbocycles. The number of hydrogen-bond acceptors (Lipinski definition) is 6. The Morgan fingerprint density at radius 2 is 2.00 bits per heavy atom. The molecule has 0 bridgehead atoms. The number of carbonyl (C=O) groups excluding carboxylic acids is 1. The highest BCUT2D eigenvalue weighted by molar-refractivity contribution is 7.18. The Morgan fingerprint density at radius 3 is 2.79 bits per heavy atom. The molecule has 1 fully saturated rings. The summed E-state index contributed by atoms with van der Waals surface area (Å²) in [6.07, 6.45) is 3.52. The first-order valence-electron chi connectivity index (χ1n) is 9.88. The predicted octanol–water partition coefficient (Wildman–Crippen LogP) is 3.59. The van der Waals surface area contributed by atoms with Crippen molar-refractivity contribution in [1.82, 2.24) is 19.7 Å². The van der Waals surface area contributed by atoms with Gasteiger partial charge in [-0.2, -0.15) is 5.10 Å². The van der Waals surface area contributed by atoms with E-state index in [9.17, 15) is 4.79 Å². The second kappa shape index (κ2) is 8.89. The fourth-order valence-corrected chi connectivity index (χ4v) is 4.19. The molecule has 29 heavy (non-hydrogen) atoms. The van der Waals surface area contributed by atoms with Gasteiger partial charge >= 0.3 is 6.03 Å².